The van der Waals surface area contributed by atoms with Crippen LogP contribution in [0.5, 0.6) is 5.75 Å². The van der Waals surface area contributed by atoms with E-state index in [1.54, 1.807) is 18.3 Å². The Hall–Kier alpha value is -3.41. The highest BCUT2D eigenvalue weighted by molar-refractivity contribution is 9.10. The highest BCUT2D eigenvalue weighted by Gasteiger charge is 2.42. The summed E-state index contributed by atoms with van der Waals surface area (Å²) in [5, 5.41) is 3.99. The monoisotopic (exact) mass is 625 g/mol. The van der Waals surface area contributed by atoms with Crippen LogP contribution in [0.25, 0.3) is 5.69 Å². The topological polar surface area (TPSA) is 88.5 Å². The first-order valence-electron chi connectivity index (χ1n) is 12.2. The predicted molar refractivity (Wildman–Crippen MR) is 162 cm³/mol. The van der Waals surface area contributed by atoms with Gasteiger partial charge in [0.2, 0.25) is 10.0 Å². The summed E-state index contributed by atoms with van der Waals surface area (Å²) in [4.78, 5) is 6.67. The summed E-state index contributed by atoms with van der Waals surface area (Å²) in [6.45, 7) is 4.18. The highest BCUT2D eigenvalue weighted by atomic mass is 79.9. The molecule has 3 heterocycles. The average molecular weight is 627 g/mol. The van der Waals surface area contributed by atoms with Crippen molar-refractivity contribution in [2.75, 3.05) is 23.0 Å². The Morgan fingerprint density at radius 3 is 2.49 bits per heavy atom. The molecule has 202 valence electrons. The van der Waals surface area contributed by atoms with Crippen LogP contribution in [0.1, 0.15) is 34.7 Å². The molecule has 39 heavy (non-hydrogen) atoms. The molecule has 11 heteroatoms. The van der Waals surface area contributed by atoms with Gasteiger partial charge in [-0.1, -0.05) is 18.2 Å². The molecule has 2 aromatic heterocycles. The normalized spacial score (nSPS) is 17.3. The Morgan fingerprint density at radius 1 is 1.08 bits per heavy atom. The van der Waals surface area contributed by atoms with Gasteiger partial charge in [0.25, 0.3) is 0 Å². The molecule has 1 saturated heterocycles. The van der Waals surface area contributed by atoms with Crippen molar-refractivity contribution in [2.24, 2.45) is 0 Å². The minimum absolute atomic E-state index is 0.250. The Labute approximate surface area is 242 Å². The Bertz CT molecular complexity index is 1660. The number of aromatic nitrogens is 2. The number of thiocarbonyl (C=S) groups is 1. The number of halogens is 1. The van der Waals surface area contributed by atoms with Gasteiger partial charge in [-0.3, -0.25) is 9.71 Å². The largest absolute Gasteiger partial charge is 0.495 e. The number of rotatable bonds is 7. The van der Waals surface area contributed by atoms with Gasteiger partial charge in [0.1, 0.15) is 5.75 Å². The van der Waals surface area contributed by atoms with E-state index in [9.17, 15) is 8.42 Å². The first kappa shape index (κ1) is 27.2. The molecule has 0 radical (unpaired) electrons. The lowest BCUT2D eigenvalue weighted by atomic mass is 9.96. The number of ether oxygens (including phenoxy) is 1. The number of pyridine rings is 1. The third kappa shape index (κ3) is 5.26. The maximum atomic E-state index is 12.1. The summed E-state index contributed by atoms with van der Waals surface area (Å²) in [5.41, 5.74) is 6.14. The molecule has 0 unspecified atom stereocenters. The van der Waals surface area contributed by atoms with E-state index in [1.165, 1.54) is 7.11 Å². The molecular weight excluding hydrogens is 598 g/mol. The lowest BCUT2D eigenvalue weighted by Gasteiger charge is -2.29. The SMILES string of the molecule is COc1ccc(N2C(=S)N[C@@H](c3ccccn3)[C@@H]2c2cc(C)n(-c3ccccc3Br)c2C)cc1NS(C)(=O)=O. The zero-order valence-corrected chi connectivity index (χ0v) is 25.1. The summed E-state index contributed by atoms with van der Waals surface area (Å²) >= 11 is 9.59. The van der Waals surface area contributed by atoms with Crippen molar-refractivity contribution in [3.63, 3.8) is 0 Å². The third-order valence-corrected chi connectivity index (χ3v) is 8.31. The van der Waals surface area contributed by atoms with Gasteiger partial charge in [-0.25, -0.2) is 8.42 Å². The van der Waals surface area contributed by atoms with Gasteiger partial charge in [0.05, 0.1) is 42.5 Å². The van der Waals surface area contributed by atoms with Crippen molar-refractivity contribution in [2.45, 2.75) is 25.9 Å². The summed E-state index contributed by atoms with van der Waals surface area (Å²) in [5.74, 6) is 0.409. The summed E-state index contributed by atoms with van der Waals surface area (Å²) in [6, 6.07) is 20.9. The molecule has 2 N–H and O–H groups in total. The molecule has 0 aliphatic carbocycles. The van der Waals surface area contributed by atoms with Crippen LogP contribution in [0, 0.1) is 13.8 Å². The van der Waals surface area contributed by atoms with Crippen molar-refractivity contribution in [3.05, 3.63) is 100 Å². The third-order valence-electron chi connectivity index (χ3n) is 6.74. The first-order valence-corrected chi connectivity index (χ1v) is 15.3. The Morgan fingerprint density at radius 2 is 1.82 bits per heavy atom. The number of methoxy groups -OCH3 is 1. The smallest absolute Gasteiger partial charge is 0.229 e. The lowest BCUT2D eigenvalue weighted by molar-refractivity contribution is 0.417. The van der Waals surface area contributed by atoms with E-state index < -0.39 is 10.0 Å². The fourth-order valence-corrected chi connectivity index (χ4v) is 6.53. The molecule has 2 aromatic carbocycles. The Balaban J connectivity index is 1.69. The summed E-state index contributed by atoms with van der Waals surface area (Å²) in [6.07, 6.45) is 2.88. The predicted octanol–water partition coefficient (Wildman–Crippen LogP) is 5.81. The number of aryl methyl sites for hydroxylation is 1. The highest BCUT2D eigenvalue weighted by Crippen LogP contribution is 2.45. The van der Waals surface area contributed by atoms with Crippen molar-refractivity contribution < 1.29 is 13.2 Å². The molecule has 2 atom stereocenters. The molecule has 5 rings (SSSR count). The molecule has 1 aliphatic rings. The van der Waals surface area contributed by atoms with Crippen molar-refractivity contribution in [1.29, 1.82) is 0 Å². The number of hydrogen-bond donors (Lipinski definition) is 2. The van der Waals surface area contributed by atoms with Crippen LogP contribution in [-0.2, 0) is 10.0 Å². The lowest BCUT2D eigenvalue weighted by Crippen LogP contribution is -2.29. The van der Waals surface area contributed by atoms with Gasteiger partial charge in [-0.15, -0.1) is 0 Å². The van der Waals surface area contributed by atoms with Gasteiger partial charge >= 0.3 is 0 Å². The van der Waals surface area contributed by atoms with E-state index >= 15 is 0 Å². The molecule has 1 fully saturated rings. The molecule has 0 amide bonds. The maximum absolute atomic E-state index is 12.1. The van der Waals surface area contributed by atoms with Gasteiger partial charge in [0.15, 0.2) is 5.11 Å². The number of benzene rings is 2. The molecule has 0 spiro atoms. The van der Waals surface area contributed by atoms with E-state index in [4.69, 9.17) is 17.0 Å². The maximum Gasteiger partial charge on any atom is 0.229 e. The van der Waals surface area contributed by atoms with Gasteiger partial charge in [0, 0.05) is 27.7 Å². The minimum Gasteiger partial charge on any atom is -0.495 e. The van der Waals surface area contributed by atoms with E-state index in [2.05, 4.69) is 61.5 Å². The van der Waals surface area contributed by atoms with E-state index in [1.807, 2.05) is 47.4 Å². The van der Waals surface area contributed by atoms with Gasteiger partial charge < -0.3 is 19.5 Å². The zero-order valence-electron chi connectivity index (χ0n) is 21.8. The number of anilines is 2. The second kappa shape index (κ2) is 10.6. The minimum atomic E-state index is -3.54. The van der Waals surface area contributed by atoms with E-state index in [0.29, 0.717) is 22.2 Å². The molecule has 8 nitrogen and oxygen atoms in total. The number of para-hydroxylation sites is 1. The van der Waals surface area contributed by atoms with Gasteiger partial charge in [-0.05, 0) is 96.1 Å². The standard InChI is InChI=1S/C28H28BrN5O3S2/c1-17-15-20(18(2)33(17)24-11-6-5-9-21(24)29)27-26(22-10-7-8-14-30-22)31-28(38)34(27)19-12-13-25(37-3)23(16-19)32-39(4,35)36/h5-16,26-27,32H,1-4H3,(H,31,38)/t26-,27-/m0/s1. The molecule has 1 aliphatic heterocycles. The van der Waals surface area contributed by atoms with Crippen molar-refractivity contribution in [3.8, 4) is 11.4 Å². The van der Waals surface area contributed by atoms with Crippen molar-refractivity contribution in [1.82, 2.24) is 14.9 Å². The summed E-state index contributed by atoms with van der Waals surface area (Å²) in [7, 11) is -2.04. The molecule has 0 saturated carbocycles. The van der Waals surface area contributed by atoms with Crippen LogP contribution in [0.2, 0.25) is 0 Å². The zero-order chi connectivity index (χ0) is 27.9. The molecular formula is C28H28BrN5O3S2. The fraction of sp³-hybridized carbons (Fsp3) is 0.214. The van der Waals surface area contributed by atoms with Gasteiger partial charge in [-0.2, -0.15) is 0 Å². The van der Waals surface area contributed by atoms with E-state index in [-0.39, 0.29) is 12.1 Å². The van der Waals surface area contributed by atoms with Crippen LogP contribution < -0.4 is 19.7 Å². The summed E-state index contributed by atoms with van der Waals surface area (Å²) < 4.78 is 35.4. The second-order valence-corrected chi connectivity index (χ2v) is 12.4. The molecule has 0 bridgehead atoms. The van der Waals surface area contributed by atoms with Crippen LogP contribution in [0.4, 0.5) is 11.4 Å². The Kier molecular flexibility index (Phi) is 7.41. The van der Waals surface area contributed by atoms with Crippen LogP contribution in [0.15, 0.2) is 77.4 Å². The first-order chi connectivity index (χ1) is 18.6. The van der Waals surface area contributed by atoms with Crippen LogP contribution in [0.3, 0.4) is 0 Å². The second-order valence-electron chi connectivity index (χ2n) is 9.37. The van der Waals surface area contributed by atoms with Crippen LogP contribution >= 0.6 is 28.1 Å². The number of nitrogens with zero attached hydrogens (tertiary/aromatic N) is 3. The molecule has 4 aromatic rings. The number of nitrogens with one attached hydrogen (secondary N) is 2. The fourth-order valence-electron chi connectivity index (χ4n) is 5.17. The quantitative estimate of drug-likeness (QED) is 0.251. The van der Waals surface area contributed by atoms with E-state index in [0.717, 1.165) is 39.1 Å². The van der Waals surface area contributed by atoms with Crippen LogP contribution in [-0.4, -0.2) is 36.4 Å². The number of hydrogen-bond acceptors (Lipinski definition) is 5. The number of sulfonamides is 1. The van der Waals surface area contributed by atoms with Crippen molar-refractivity contribution >= 4 is 54.7 Å². The average Bonchev–Trinajstić information content (AvgIpc) is 3.39.